The second kappa shape index (κ2) is 3.92. The van der Waals surface area contributed by atoms with E-state index < -0.39 is 0 Å². The Morgan fingerprint density at radius 2 is 2.18 bits per heavy atom. The summed E-state index contributed by atoms with van der Waals surface area (Å²) in [5, 5.41) is 4.79. The van der Waals surface area contributed by atoms with Crippen molar-refractivity contribution in [3.8, 4) is 0 Å². The van der Waals surface area contributed by atoms with E-state index in [-0.39, 0.29) is 0 Å². The lowest BCUT2D eigenvalue weighted by Crippen LogP contribution is -2.40. The summed E-state index contributed by atoms with van der Waals surface area (Å²) in [4.78, 5) is 7.16. The van der Waals surface area contributed by atoms with Crippen LogP contribution in [0.15, 0.2) is 0 Å². The molecule has 1 saturated carbocycles. The van der Waals surface area contributed by atoms with Crippen molar-refractivity contribution in [3.63, 3.8) is 0 Å². The maximum absolute atomic E-state index is 4.72. The molecule has 0 amide bonds. The van der Waals surface area contributed by atoms with Gasteiger partial charge in [-0.05, 0) is 38.1 Å². The number of fused-ring (bicyclic) bond motifs is 1. The lowest BCUT2D eigenvalue weighted by atomic mass is 9.94. The number of hydrogen-bond donors (Lipinski definition) is 1. The first kappa shape index (κ1) is 10.3. The van der Waals surface area contributed by atoms with Gasteiger partial charge in [0.15, 0.2) is 0 Å². The van der Waals surface area contributed by atoms with Crippen molar-refractivity contribution in [2.45, 2.75) is 37.6 Å². The quantitative estimate of drug-likeness (QED) is 0.865. The minimum Gasteiger partial charge on any atom is -0.345 e. The van der Waals surface area contributed by atoms with E-state index >= 15 is 0 Å². The van der Waals surface area contributed by atoms with Gasteiger partial charge in [0.1, 0.15) is 5.82 Å². The summed E-state index contributed by atoms with van der Waals surface area (Å²) in [6.45, 7) is 3.50. The van der Waals surface area contributed by atoms with E-state index in [9.17, 15) is 0 Å². The van der Waals surface area contributed by atoms with Gasteiger partial charge < -0.3 is 10.2 Å². The second-order valence-electron chi connectivity index (χ2n) is 5.58. The molecule has 1 N–H and O–H groups in total. The molecule has 0 radical (unpaired) electrons. The molecule has 17 heavy (non-hydrogen) atoms. The van der Waals surface area contributed by atoms with E-state index in [1.54, 1.807) is 11.5 Å². The van der Waals surface area contributed by atoms with Crippen LogP contribution in [0.5, 0.6) is 0 Å². The van der Waals surface area contributed by atoms with Crippen LogP contribution >= 0.6 is 11.5 Å². The molecule has 2 aliphatic heterocycles. The molecule has 3 heterocycles. The van der Waals surface area contributed by atoms with Gasteiger partial charge in [0.05, 0.1) is 0 Å². The van der Waals surface area contributed by atoms with E-state index in [2.05, 4.69) is 14.6 Å². The maximum Gasteiger partial charge on any atom is 0.205 e. The van der Waals surface area contributed by atoms with Gasteiger partial charge in [0.25, 0.3) is 0 Å². The summed E-state index contributed by atoms with van der Waals surface area (Å²) in [6, 6.07) is 0.692. The molecule has 1 aromatic heterocycles. The van der Waals surface area contributed by atoms with Gasteiger partial charge in [0, 0.05) is 36.6 Å². The molecular formula is C12H18N4S. The van der Waals surface area contributed by atoms with Gasteiger partial charge in [-0.25, -0.2) is 4.98 Å². The average molecular weight is 250 g/mol. The van der Waals surface area contributed by atoms with Crippen LogP contribution in [0.25, 0.3) is 0 Å². The standard InChI is InChI=1S/C12H18N4S/c1-2-9-6-16(7-10(9)13-5-1)12-14-11(15-17-12)8-3-4-8/h8-10,13H,1-7H2/t9-,10+/m0/s1. The van der Waals surface area contributed by atoms with E-state index in [1.165, 1.54) is 38.8 Å². The Morgan fingerprint density at radius 1 is 1.24 bits per heavy atom. The Hall–Kier alpha value is -0.680. The second-order valence-corrected chi connectivity index (χ2v) is 6.31. The fourth-order valence-corrected chi connectivity index (χ4v) is 3.83. The van der Waals surface area contributed by atoms with Gasteiger partial charge in [-0.2, -0.15) is 4.37 Å². The van der Waals surface area contributed by atoms with Crippen LogP contribution in [0.1, 0.15) is 37.4 Å². The number of aromatic nitrogens is 2. The van der Waals surface area contributed by atoms with Crippen LogP contribution in [0, 0.1) is 5.92 Å². The third kappa shape index (κ3) is 1.85. The Balaban J connectivity index is 1.50. The number of piperidine rings is 1. The van der Waals surface area contributed by atoms with Gasteiger partial charge >= 0.3 is 0 Å². The molecule has 92 valence electrons. The summed E-state index contributed by atoms with van der Waals surface area (Å²) < 4.78 is 4.51. The SMILES string of the molecule is C1CN[C@@H]2CN(c3nc(C4CC4)ns3)C[C@@H]2C1. The zero-order valence-corrected chi connectivity index (χ0v) is 10.7. The average Bonchev–Trinajstić information content (AvgIpc) is 2.94. The van der Waals surface area contributed by atoms with Gasteiger partial charge in [-0.15, -0.1) is 0 Å². The van der Waals surface area contributed by atoms with E-state index in [0.29, 0.717) is 12.0 Å². The van der Waals surface area contributed by atoms with E-state index in [1.807, 2.05) is 0 Å². The normalized spacial score (nSPS) is 32.8. The Labute approximate surface area is 106 Å². The molecule has 2 atom stereocenters. The monoisotopic (exact) mass is 250 g/mol. The molecule has 5 heteroatoms. The zero-order valence-electron chi connectivity index (χ0n) is 9.93. The van der Waals surface area contributed by atoms with Crippen molar-refractivity contribution in [1.29, 1.82) is 0 Å². The maximum atomic E-state index is 4.72. The van der Waals surface area contributed by atoms with Crippen molar-refractivity contribution in [2.24, 2.45) is 5.92 Å². The molecule has 1 aromatic rings. The van der Waals surface area contributed by atoms with Gasteiger partial charge in [-0.1, -0.05) is 0 Å². The molecule has 0 aromatic carbocycles. The largest absolute Gasteiger partial charge is 0.345 e. The summed E-state index contributed by atoms with van der Waals surface area (Å²) >= 11 is 1.60. The molecule has 3 fully saturated rings. The highest BCUT2D eigenvalue weighted by atomic mass is 32.1. The minimum absolute atomic E-state index is 0.683. The molecule has 1 aliphatic carbocycles. The van der Waals surface area contributed by atoms with Crippen LogP contribution in [-0.2, 0) is 0 Å². The Morgan fingerprint density at radius 3 is 3.00 bits per heavy atom. The number of nitrogens with one attached hydrogen (secondary N) is 1. The number of anilines is 1. The zero-order chi connectivity index (χ0) is 11.2. The molecule has 0 spiro atoms. The third-order valence-electron chi connectivity index (χ3n) is 4.24. The van der Waals surface area contributed by atoms with Gasteiger partial charge in [0.2, 0.25) is 5.13 Å². The summed E-state index contributed by atoms with van der Waals surface area (Å²) in [6.07, 6.45) is 5.30. The third-order valence-corrected chi connectivity index (χ3v) is 5.03. The molecule has 3 aliphatic rings. The number of nitrogens with zero attached hydrogens (tertiary/aromatic N) is 3. The Bertz CT molecular complexity index is 400. The first-order valence-corrected chi connectivity index (χ1v) is 7.49. The van der Waals surface area contributed by atoms with Crippen molar-refractivity contribution < 1.29 is 0 Å². The number of hydrogen-bond acceptors (Lipinski definition) is 5. The highest BCUT2D eigenvalue weighted by molar-refractivity contribution is 7.09. The van der Waals surface area contributed by atoms with Crippen molar-refractivity contribution in [1.82, 2.24) is 14.7 Å². The highest BCUT2D eigenvalue weighted by Crippen LogP contribution is 2.40. The van der Waals surface area contributed by atoms with Crippen LogP contribution in [-0.4, -0.2) is 35.0 Å². The first-order valence-electron chi connectivity index (χ1n) is 6.72. The van der Waals surface area contributed by atoms with E-state index in [0.717, 1.165) is 23.4 Å². The topological polar surface area (TPSA) is 41.0 Å². The molecule has 0 unspecified atom stereocenters. The van der Waals surface area contributed by atoms with Crippen LogP contribution in [0.4, 0.5) is 5.13 Å². The summed E-state index contributed by atoms with van der Waals surface area (Å²) in [5.41, 5.74) is 0. The Kier molecular flexibility index (Phi) is 2.36. The van der Waals surface area contributed by atoms with E-state index in [4.69, 9.17) is 4.98 Å². The number of rotatable bonds is 2. The summed E-state index contributed by atoms with van der Waals surface area (Å²) in [5.74, 6) is 2.62. The minimum atomic E-state index is 0.683. The lowest BCUT2D eigenvalue weighted by molar-refractivity contribution is 0.340. The van der Waals surface area contributed by atoms with Crippen molar-refractivity contribution >= 4 is 16.7 Å². The lowest BCUT2D eigenvalue weighted by Gasteiger charge is -2.24. The molecule has 0 bridgehead atoms. The van der Waals surface area contributed by atoms with Crippen molar-refractivity contribution in [2.75, 3.05) is 24.5 Å². The molecule has 2 saturated heterocycles. The predicted octanol–water partition coefficient (Wildman–Crippen LogP) is 1.60. The fourth-order valence-electron chi connectivity index (χ4n) is 3.07. The smallest absolute Gasteiger partial charge is 0.205 e. The van der Waals surface area contributed by atoms with Crippen LogP contribution < -0.4 is 10.2 Å². The van der Waals surface area contributed by atoms with Crippen LogP contribution in [0.2, 0.25) is 0 Å². The summed E-state index contributed by atoms with van der Waals surface area (Å²) in [7, 11) is 0. The molecule has 4 rings (SSSR count). The fraction of sp³-hybridized carbons (Fsp3) is 0.833. The van der Waals surface area contributed by atoms with Gasteiger partial charge in [-0.3, -0.25) is 0 Å². The molecular weight excluding hydrogens is 232 g/mol. The predicted molar refractivity (Wildman–Crippen MR) is 68.6 cm³/mol. The first-order chi connectivity index (χ1) is 8.40. The van der Waals surface area contributed by atoms with Crippen molar-refractivity contribution in [3.05, 3.63) is 5.82 Å². The van der Waals surface area contributed by atoms with Crippen LogP contribution in [0.3, 0.4) is 0 Å². The highest BCUT2D eigenvalue weighted by Gasteiger charge is 2.36. The molecule has 4 nitrogen and oxygen atoms in total.